The lowest BCUT2D eigenvalue weighted by atomic mass is 10.2. The number of hydrogen-bond acceptors (Lipinski definition) is 4. The number of nitrogens with one attached hydrogen (secondary N) is 1. The van der Waals surface area contributed by atoms with E-state index >= 15 is 0 Å². The smallest absolute Gasteiger partial charge is 0.340 e. The Bertz CT molecular complexity index is 712. The molecule has 122 valence electrons. The van der Waals surface area contributed by atoms with Crippen molar-refractivity contribution in [2.75, 3.05) is 5.32 Å². The second-order valence-corrected chi connectivity index (χ2v) is 5.68. The zero-order chi connectivity index (χ0) is 17.0. The maximum Gasteiger partial charge on any atom is 0.340 e. The number of amides is 1. The van der Waals surface area contributed by atoms with Gasteiger partial charge in [0.1, 0.15) is 5.82 Å². The van der Waals surface area contributed by atoms with E-state index in [-0.39, 0.29) is 16.6 Å². The van der Waals surface area contributed by atoms with Crippen LogP contribution in [-0.4, -0.2) is 27.8 Å². The molecule has 1 aromatic heterocycles. The van der Waals surface area contributed by atoms with E-state index in [1.165, 1.54) is 6.92 Å². The van der Waals surface area contributed by atoms with Gasteiger partial charge in [-0.1, -0.05) is 23.7 Å². The molecule has 1 amide bonds. The fraction of sp³-hybridized carbons (Fsp3) is 0.312. The minimum Gasteiger partial charge on any atom is -0.449 e. The van der Waals surface area contributed by atoms with Crippen molar-refractivity contribution in [3.63, 3.8) is 0 Å². The fourth-order valence-corrected chi connectivity index (χ4v) is 2.17. The summed E-state index contributed by atoms with van der Waals surface area (Å²) < 4.78 is 6.83. The van der Waals surface area contributed by atoms with Crippen molar-refractivity contribution >= 4 is 29.3 Å². The third-order valence-corrected chi connectivity index (χ3v) is 3.49. The molecule has 0 fully saturated rings. The van der Waals surface area contributed by atoms with Crippen molar-refractivity contribution in [3.05, 3.63) is 47.1 Å². The molecule has 0 bridgehead atoms. The molecule has 1 heterocycles. The minimum absolute atomic E-state index is 0.0984. The second kappa shape index (κ2) is 7.28. The summed E-state index contributed by atoms with van der Waals surface area (Å²) in [7, 11) is 0. The van der Waals surface area contributed by atoms with E-state index in [4.69, 9.17) is 16.3 Å². The Morgan fingerprint density at radius 2 is 1.91 bits per heavy atom. The quantitative estimate of drug-likeness (QED) is 0.851. The molecule has 0 aliphatic heterocycles. The number of nitrogens with zero attached hydrogens (tertiary/aromatic N) is 2. The van der Waals surface area contributed by atoms with Crippen LogP contribution in [0.2, 0.25) is 5.02 Å². The lowest BCUT2D eigenvalue weighted by Gasteiger charge is -2.16. The van der Waals surface area contributed by atoms with Gasteiger partial charge in [-0.05, 0) is 32.9 Å². The van der Waals surface area contributed by atoms with Gasteiger partial charge < -0.3 is 10.1 Å². The predicted molar refractivity (Wildman–Crippen MR) is 87.6 cm³/mol. The van der Waals surface area contributed by atoms with Crippen LogP contribution in [0.4, 0.5) is 5.82 Å². The number of esters is 1. The zero-order valence-electron chi connectivity index (χ0n) is 13.1. The van der Waals surface area contributed by atoms with Crippen molar-refractivity contribution in [1.29, 1.82) is 0 Å². The van der Waals surface area contributed by atoms with E-state index in [0.29, 0.717) is 5.82 Å². The summed E-state index contributed by atoms with van der Waals surface area (Å²) in [5, 5.41) is 7.10. The van der Waals surface area contributed by atoms with E-state index in [9.17, 15) is 9.59 Å². The first-order valence-electron chi connectivity index (χ1n) is 7.20. The highest BCUT2D eigenvalue weighted by Crippen LogP contribution is 2.17. The van der Waals surface area contributed by atoms with Crippen molar-refractivity contribution < 1.29 is 14.3 Å². The summed E-state index contributed by atoms with van der Waals surface area (Å²) in [4.78, 5) is 24.2. The van der Waals surface area contributed by atoms with Crippen LogP contribution in [0.1, 0.15) is 37.2 Å². The number of halogens is 1. The van der Waals surface area contributed by atoms with Gasteiger partial charge in [0.2, 0.25) is 0 Å². The number of ether oxygens (including phenoxy) is 1. The fourth-order valence-electron chi connectivity index (χ4n) is 1.96. The van der Waals surface area contributed by atoms with Gasteiger partial charge in [0, 0.05) is 12.1 Å². The van der Waals surface area contributed by atoms with E-state index in [1.807, 2.05) is 13.8 Å². The second-order valence-electron chi connectivity index (χ2n) is 5.27. The highest BCUT2D eigenvalue weighted by Gasteiger charge is 2.21. The average Bonchev–Trinajstić information content (AvgIpc) is 2.95. The molecule has 0 spiro atoms. The number of hydrogen-bond donors (Lipinski definition) is 1. The summed E-state index contributed by atoms with van der Waals surface area (Å²) >= 11 is 5.94. The van der Waals surface area contributed by atoms with Crippen molar-refractivity contribution in [1.82, 2.24) is 9.78 Å². The Kier molecular flexibility index (Phi) is 5.39. The first-order chi connectivity index (χ1) is 10.9. The first-order valence-corrected chi connectivity index (χ1v) is 7.58. The van der Waals surface area contributed by atoms with E-state index in [1.54, 1.807) is 41.2 Å². The number of aromatic nitrogens is 2. The normalized spacial score (nSPS) is 12.0. The topological polar surface area (TPSA) is 73.2 Å². The maximum atomic E-state index is 12.2. The van der Waals surface area contributed by atoms with Gasteiger partial charge in [0.25, 0.3) is 5.91 Å². The SMILES string of the molecule is CC(C)n1nccc1NC(=O)[C@H](C)OC(=O)c1ccccc1Cl. The van der Waals surface area contributed by atoms with Crippen LogP contribution < -0.4 is 5.32 Å². The molecule has 1 N–H and O–H groups in total. The number of carbonyl (C=O) groups is 2. The molecule has 0 radical (unpaired) electrons. The van der Waals surface area contributed by atoms with Crippen LogP contribution >= 0.6 is 11.6 Å². The summed E-state index contributed by atoms with van der Waals surface area (Å²) in [6.45, 7) is 5.40. The van der Waals surface area contributed by atoms with Crippen LogP contribution in [-0.2, 0) is 9.53 Å². The van der Waals surface area contributed by atoms with Crippen LogP contribution in [0.25, 0.3) is 0 Å². The lowest BCUT2D eigenvalue weighted by Crippen LogP contribution is -2.31. The van der Waals surface area contributed by atoms with Crippen LogP contribution in [0.15, 0.2) is 36.5 Å². The number of carbonyl (C=O) groups excluding carboxylic acids is 2. The Morgan fingerprint density at radius 1 is 1.22 bits per heavy atom. The van der Waals surface area contributed by atoms with Crippen LogP contribution in [0.3, 0.4) is 0 Å². The van der Waals surface area contributed by atoms with Gasteiger partial charge >= 0.3 is 5.97 Å². The highest BCUT2D eigenvalue weighted by molar-refractivity contribution is 6.33. The molecule has 6 nitrogen and oxygen atoms in total. The van der Waals surface area contributed by atoms with Crippen molar-refractivity contribution in [3.8, 4) is 0 Å². The Labute approximate surface area is 139 Å². The molecular weight excluding hydrogens is 318 g/mol. The Morgan fingerprint density at radius 3 is 2.57 bits per heavy atom. The van der Waals surface area contributed by atoms with Crippen molar-refractivity contribution in [2.45, 2.75) is 32.9 Å². The number of anilines is 1. The molecule has 1 aromatic carbocycles. The van der Waals surface area contributed by atoms with Gasteiger partial charge in [-0.3, -0.25) is 4.79 Å². The molecule has 0 aliphatic rings. The Balaban J connectivity index is 2.01. The van der Waals surface area contributed by atoms with Crippen LogP contribution in [0, 0.1) is 0 Å². The standard InChI is InChI=1S/C16H18ClN3O3/c1-10(2)20-14(8-9-18-20)19-15(21)11(3)23-16(22)12-6-4-5-7-13(12)17/h4-11H,1-3H3,(H,19,21)/t11-/m0/s1. The monoisotopic (exact) mass is 335 g/mol. The van der Waals surface area contributed by atoms with Gasteiger partial charge in [-0.15, -0.1) is 0 Å². The van der Waals surface area contributed by atoms with Gasteiger partial charge in [0.15, 0.2) is 6.10 Å². The summed E-state index contributed by atoms with van der Waals surface area (Å²) in [6, 6.07) is 8.30. The zero-order valence-corrected chi connectivity index (χ0v) is 13.9. The molecule has 2 aromatic rings. The summed E-state index contributed by atoms with van der Waals surface area (Å²) in [5.41, 5.74) is 0.223. The lowest BCUT2D eigenvalue weighted by molar-refractivity contribution is -0.123. The molecule has 7 heteroatoms. The predicted octanol–water partition coefficient (Wildman–Crippen LogP) is 3.30. The largest absolute Gasteiger partial charge is 0.449 e. The highest BCUT2D eigenvalue weighted by atomic mass is 35.5. The summed E-state index contributed by atoms with van der Waals surface area (Å²) in [6.07, 6.45) is 0.630. The molecule has 23 heavy (non-hydrogen) atoms. The van der Waals surface area contributed by atoms with Gasteiger partial charge in [-0.25, -0.2) is 9.48 Å². The molecule has 0 saturated heterocycles. The molecule has 0 saturated carbocycles. The molecule has 0 unspecified atom stereocenters. The van der Waals surface area contributed by atoms with E-state index in [2.05, 4.69) is 10.4 Å². The summed E-state index contributed by atoms with van der Waals surface area (Å²) in [5.74, 6) is -0.533. The molecule has 0 aliphatic carbocycles. The maximum absolute atomic E-state index is 12.2. The third kappa shape index (κ3) is 4.10. The third-order valence-electron chi connectivity index (χ3n) is 3.16. The minimum atomic E-state index is -0.964. The van der Waals surface area contributed by atoms with E-state index < -0.39 is 18.0 Å². The molecular formula is C16H18ClN3O3. The van der Waals surface area contributed by atoms with Crippen molar-refractivity contribution in [2.24, 2.45) is 0 Å². The average molecular weight is 336 g/mol. The van der Waals surface area contributed by atoms with Crippen LogP contribution in [0.5, 0.6) is 0 Å². The number of benzene rings is 1. The number of rotatable bonds is 5. The first kappa shape index (κ1) is 17.0. The van der Waals surface area contributed by atoms with Gasteiger partial charge in [-0.2, -0.15) is 5.10 Å². The van der Waals surface area contributed by atoms with Gasteiger partial charge in [0.05, 0.1) is 16.8 Å². The van der Waals surface area contributed by atoms with E-state index in [0.717, 1.165) is 0 Å². The molecule has 2 rings (SSSR count). The molecule has 1 atom stereocenters. The Hall–Kier alpha value is -2.34.